The molecule has 3 atom stereocenters. The van der Waals surface area contributed by atoms with E-state index in [-0.39, 0.29) is 0 Å². The van der Waals surface area contributed by atoms with Gasteiger partial charge in [-0.3, -0.25) is 0 Å². The zero-order valence-corrected chi connectivity index (χ0v) is 10.8. The zero-order chi connectivity index (χ0) is 12.2. The van der Waals surface area contributed by atoms with Crippen LogP contribution in [0.3, 0.4) is 0 Å². The first-order chi connectivity index (χ1) is 7.48. The van der Waals surface area contributed by atoms with Gasteiger partial charge in [-0.15, -0.1) is 0 Å². The average Bonchev–Trinajstić information content (AvgIpc) is 2.66. The summed E-state index contributed by atoms with van der Waals surface area (Å²) in [7, 11) is 1.76. The van der Waals surface area contributed by atoms with Crippen LogP contribution in [-0.4, -0.2) is 55.0 Å². The standard InChI is InChI=1S/C12H26N2O2/c1-10(6-12(2,15)9-13)14-5-4-11(7-14)8-16-3/h10-11,15H,4-9,13H2,1-3H3. The third-order valence-electron chi connectivity index (χ3n) is 3.52. The summed E-state index contributed by atoms with van der Waals surface area (Å²) in [6.45, 7) is 7.33. The Labute approximate surface area is 98.8 Å². The molecule has 3 unspecified atom stereocenters. The molecule has 0 saturated carbocycles. The minimum atomic E-state index is -0.737. The van der Waals surface area contributed by atoms with Gasteiger partial charge < -0.3 is 20.5 Å². The predicted molar refractivity (Wildman–Crippen MR) is 65.3 cm³/mol. The smallest absolute Gasteiger partial charge is 0.0756 e. The largest absolute Gasteiger partial charge is 0.389 e. The Morgan fingerprint density at radius 1 is 1.62 bits per heavy atom. The Kier molecular flexibility index (Phi) is 5.18. The maximum atomic E-state index is 9.95. The molecule has 0 aliphatic carbocycles. The summed E-state index contributed by atoms with van der Waals surface area (Å²) in [6.07, 6.45) is 1.94. The van der Waals surface area contributed by atoms with Crippen molar-refractivity contribution in [2.24, 2.45) is 11.7 Å². The summed E-state index contributed by atoms with van der Waals surface area (Å²) < 4.78 is 5.18. The van der Waals surface area contributed by atoms with Crippen molar-refractivity contribution in [2.75, 3.05) is 33.4 Å². The van der Waals surface area contributed by atoms with Crippen LogP contribution in [0.2, 0.25) is 0 Å². The Hall–Kier alpha value is -0.160. The van der Waals surface area contributed by atoms with Crippen LogP contribution >= 0.6 is 0 Å². The lowest BCUT2D eigenvalue weighted by atomic mass is 9.97. The van der Waals surface area contributed by atoms with Crippen LogP contribution in [-0.2, 0) is 4.74 Å². The molecule has 0 bridgehead atoms. The van der Waals surface area contributed by atoms with Crippen molar-refractivity contribution in [3.63, 3.8) is 0 Å². The molecular formula is C12H26N2O2. The van der Waals surface area contributed by atoms with E-state index >= 15 is 0 Å². The third kappa shape index (κ3) is 4.01. The molecule has 1 fully saturated rings. The molecule has 1 aliphatic heterocycles. The highest BCUT2D eigenvalue weighted by Crippen LogP contribution is 2.23. The number of nitrogens with two attached hydrogens (primary N) is 1. The number of hydrogen-bond donors (Lipinski definition) is 2. The summed E-state index contributed by atoms with van der Waals surface area (Å²) >= 11 is 0. The maximum Gasteiger partial charge on any atom is 0.0756 e. The molecule has 96 valence electrons. The SMILES string of the molecule is COCC1CCN(C(C)CC(C)(O)CN)C1. The number of aliphatic hydroxyl groups is 1. The minimum Gasteiger partial charge on any atom is -0.389 e. The van der Waals surface area contributed by atoms with Crippen molar-refractivity contribution in [3.05, 3.63) is 0 Å². The molecule has 1 rings (SSSR count). The van der Waals surface area contributed by atoms with Gasteiger partial charge in [0.15, 0.2) is 0 Å². The van der Waals surface area contributed by atoms with Crippen LogP contribution < -0.4 is 5.73 Å². The molecule has 1 aliphatic rings. The molecule has 1 heterocycles. The average molecular weight is 230 g/mol. The lowest BCUT2D eigenvalue weighted by Gasteiger charge is -2.31. The van der Waals surface area contributed by atoms with Crippen molar-refractivity contribution in [1.82, 2.24) is 4.90 Å². The van der Waals surface area contributed by atoms with Crippen LogP contribution in [0.15, 0.2) is 0 Å². The van der Waals surface area contributed by atoms with E-state index in [0.29, 0.717) is 18.5 Å². The molecular weight excluding hydrogens is 204 g/mol. The Morgan fingerprint density at radius 2 is 2.31 bits per heavy atom. The fraction of sp³-hybridized carbons (Fsp3) is 1.00. The van der Waals surface area contributed by atoms with Gasteiger partial charge in [-0.2, -0.15) is 0 Å². The van der Waals surface area contributed by atoms with Crippen molar-refractivity contribution >= 4 is 0 Å². The molecule has 16 heavy (non-hydrogen) atoms. The molecule has 0 aromatic heterocycles. The molecule has 0 radical (unpaired) electrons. The number of nitrogens with zero attached hydrogens (tertiary/aromatic N) is 1. The fourth-order valence-electron chi connectivity index (χ4n) is 2.48. The Morgan fingerprint density at radius 3 is 2.88 bits per heavy atom. The third-order valence-corrected chi connectivity index (χ3v) is 3.52. The van der Waals surface area contributed by atoms with Gasteiger partial charge >= 0.3 is 0 Å². The summed E-state index contributed by atoms with van der Waals surface area (Å²) in [5.74, 6) is 0.648. The first kappa shape index (κ1) is 13.9. The van der Waals surface area contributed by atoms with Crippen LogP contribution in [0, 0.1) is 5.92 Å². The van der Waals surface area contributed by atoms with Gasteiger partial charge in [-0.1, -0.05) is 0 Å². The van der Waals surface area contributed by atoms with E-state index in [2.05, 4.69) is 11.8 Å². The van der Waals surface area contributed by atoms with Crippen molar-refractivity contribution < 1.29 is 9.84 Å². The highest BCUT2D eigenvalue weighted by Gasteiger charge is 2.30. The zero-order valence-electron chi connectivity index (χ0n) is 10.8. The van der Waals surface area contributed by atoms with Crippen molar-refractivity contribution in [3.8, 4) is 0 Å². The van der Waals surface area contributed by atoms with Gasteiger partial charge in [0.2, 0.25) is 0 Å². The number of likely N-dealkylation sites (tertiary alicyclic amines) is 1. The molecule has 0 aromatic carbocycles. The van der Waals surface area contributed by atoms with E-state index in [4.69, 9.17) is 10.5 Å². The molecule has 4 nitrogen and oxygen atoms in total. The number of hydrogen-bond acceptors (Lipinski definition) is 4. The lowest BCUT2D eigenvalue weighted by Crippen LogP contribution is -2.42. The number of methoxy groups -OCH3 is 1. The van der Waals surface area contributed by atoms with E-state index in [0.717, 1.165) is 26.1 Å². The maximum absolute atomic E-state index is 9.95. The van der Waals surface area contributed by atoms with E-state index in [1.165, 1.54) is 6.42 Å². The molecule has 0 spiro atoms. The van der Waals surface area contributed by atoms with Crippen LogP contribution in [0.5, 0.6) is 0 Å². The minimum absolute atomic E-state index is 0.326. The van der Waals surface area contributed by atoms with Crippen LogP contribution in [0.4, 0.5) is 0 Å². The normalized spacial score (nSPS) is 27.9. The van der Waals surface area contributed by atoms with E-state index in [1.54, 1.807) is 7.11 Å². The highest BCUT2D eigenvalue weighted by molar-refractivity contribution is 4.85. The molecule has 0 amide bonds. The first-order valence-electron chi connectivity index (χ1n) is 6.14. The van der Waals surface area contributed by atoms with Gasteiger partial charge in [-0.25, -0.2) is 0 Å². The monoisotopic (exact) mass is 230 g/mol. The van der Waals surface area contributed by atoms with Crippen LogP contribution in [0.1, 0.15) is 26.7 Å². The second-order valence-corrected chi connectivity index (χ2v) is 5.36. The van der Waals surface area contributed by atoms with Gasteiger partial charge in [0.05, 0.1) is 12.2 Å². The second-order valence-electron chi connectivity index (χ2n) is 5.36. The summed E-state index contributed by atoms with van der Waals surface area (Å²) in [4.78, 5) is 2.42. The van der Waals surface area contributed by atoms with Gasteiger partial charge in [0.1, 0.15) is 0 Å². The van der Waals surface area contributed by atoms with Gasteiger partial charge in [0, 0.05) is 26.2 Å². The predicted octanol–water partition coefficient (Wildman–Crippen LogP) is 0.443. The Bertz CT molecular complexity index is 209. The lowest BCUT2D eigenvalue weighted by molar-refractivity contribution is 0.0317. The molecule has 0 aromatic rings. The van der Waals surface area contributed by atoms with E-state index < -0.39 is 5.60 Å². The molecule has 4 heteroatoms. The van der Waals surface area contributed by atoms with E-state index in [1.807, 2.05) is 6.92 Å². The Balaban J connectivity index is 2.36. The van der Waals surface area contributed by atoms with Crippen molar-refractivity contribution in [2.45, 2.75) is 38.3 Å². The summed E-state index contributed by atoms with van der Waals surface area (Å²) in [5, 5.41) is 9.95. The first-order valence-corrected chi connectivity index (χ1v) is 6.14. The number of rotatable bonds is 6. The summed E-state index contributed by atoms with van der Waals surface area (Å²) in [5.41, 5.74) is 4.80. The summed E-state index contributed by atoms with van der Waals surface area (Å²) in [6, 6.07) is 0.389. The van der Waals surface area contributed by atoms with E-state index in [9.17, 15) is 5.11 Å². The quantitative estimate of drug-likeness (QED) is 0.695. The molecule has 1 saturated heterocycles. The second kappa shape index (κ2) is 5.96. The molecule has 3 N–H and O–H groups in total. The van der Waals surface area contributed by atoms with Gasteiger partial charge in [0.25, 0.3) is 0 Å². The highest BCUT2D eigenvalue weighted by atomic mass is 16.5. The topological polar surface area (TPSA) is 58.7 Å². The number of ether oxygens (including phenoxy) is 1. The van der Waals surface area contributed by atoms with Crippen LogP contribution in [0.25, 0.3) is 0 Å². The van der Waals surface area contributed by atoms with Gasteiger partial charge in [-0.05, 0) is 39.2 Å². The van der Waals surface area contributed by atoms with Crippen molar-refractivity contribution in [1.29, 1.82) is 0 Å². The fourth-order valence-corrected chi connectivity index (χ4v) is 2.48.